The number of nitrogens with two attached hydrogens (primary N) is 1. The van der Waals surface area contributed by atoms with Gasteiger partial charge in [0.2, 0.25) is 5.91 Å². The summed E-state index contributed by atoms with van der Waals surface area (Å²) >= 11 is 2.85. The van der Waals surface area contributed by atoms with Gasteiger partial charge < -0.3 is 11.1 Å². The van der Waals surface area contributed by atoms with Gasteiger partial charge in [0.1, 0.15) is 0 Å². The van der Waals surface area contributed by atoms with Crippen LogP contribution >= 0.6 is 15.9 Å². The first-order valence-electron chi connectivity index (χ1n) is 6.19. The lowest BCUT2D eigenvalue weighted by Crippen LogP contribution is -2.48. The van der Waals surface area contributed by atoms with Crippen molar-refractivity contribution < 1.29 is 18.0 Å². The van der Waals surface area contributed by atoms with Crippen LogP contribution in [0.5, 0.6) is 0 Å². The third-order valence-corrected chi connectivity index (χ3v) is 4.17. The smallest absolute Gasteiger partial charge is 0.324 e. The Labute approximate surface area is 122 Å². The highest BCUT2D eigenvalue weighted by molar-refractivity contribution is 9.10. The molecule has 0 saturated heterocycles. The molecule has 0 atom stereocenters. The molecule has 7 heteroatoms. The van der Waals surface area contributed by atoms with E-state index in [0.717, 1.165) is 18.9 Å². The minimum atomic E-state index is -4.48. The molecular weight excluding hydrogens is 337 g/mol. The van der Waals surface area contributed by atoms with Gasteiger partial charge in [0.05, 0.1) is 11.1 Å². The highest BCUT2D eigenvalue weighted by Crippen LogP contribution is 2.36. The molecule has 1 saturated carbocycles. The van der Waals surface area contributed by atoms with E-state index in [-0.39, 0.29) is 10.2 Å². The van der Waals surface area contributed by atoms with Crippen LogP contribution in [0.25, 0.3) is 0 Å². The van der Waals surface area contributed by atoms with Gasteiger partial charge >= 0.3 is 6.18 Å². The molecule has 0 aromatic heterocycles. The van der Waals surface area contributed by atoms with Gasteiger partial charge in [-0.15, -0.1) is 0 Å². The number of nitrogens with one attached hydrogen (secondary N) is 1. The van der Waals surface area contributed by atoms with Crippen molar-refractivity contribution in [1.82, 2.24) is 0 Å². The number of carbonyl (C=O) groups is 1. The monoisotopic (exact) mass is 350 g/mol. The fourth-order valence-electron chi connectivity index (χ4n) is 2.31. The molecule has 2 rings (SSSR count). The quantitative estimate of drug-likeness (QED) is 0.854. The van der Waals surface area contributed by atoms with Crippen LogP contribution in [-0.2, 0) is 11.0 Å². The maximum atomic E-state index is 12.8. The van der Waals surface area contributed by atoms with Gasteiger partial charge in [-0.1, -0.05) is 28.8 Å². The van der Waals surface area contributed by atoms with Crippen molar-refractivity contribution >= 4 is 27.5 Å². The second-order valence-corrected chi connectivity index (χ2v) is 5.86. The molecule has 3 N–H and O–H groups in total. The van der Waals surface area contributed by atoms with Crippen LogP contribution in [0, 0.1) is 0 Å². The van der Waals surface area contributed by atoms with Gasteiger partial charge in [0.15, 0.2) is 0 Å². The fourth-order valence-corrected chi connectivity index (χ4v) is 2.78. The summed E-state index contributed by atoms with van der Waals surface area (Å²) in [5.41, 5.74) is 4.27. The molecule has 1 aromatic rings. The van der Waals surface area contributed by atoms with Crippen LogP contribution in [0.15, 0.2) is 22.7 Å². The Morgan fingerprint density at radius 3 is 2.45 bits per heavy atom. The molecule has 0 bridgehead atoms. The van der Waals surface area contributed by atoms with Crippen molar-refractivity contribution in [3.8, 4) is 0 Å². The van der Waals surface area contributed by atoms with E-state index in [1.165, 1.54) is 12.1 Å². The number of halogens is 4. The first-order valence-corrected chi connectivity index (χ1v) is 6.99. The topological polar surface area (TPSA) is 55.1 Å². The second kappa shape index (κ2) is 5.37. The minimum Gasteiger partial charge on any atom is -0.324 e. The summed E-state index contributed by atoms with van der Waals surface area (Å²) < 4.78 is 38.3. The highest BCUT2D eigenvalue weighted by Gasteiger charge is 2.37. The van der Waals surface area contributed by atoms with Crippen LogP contribution < -0.4 is 11.1 Å². The molecule has 0 aliphatic heterocycles. The number of carbonyl (C=O) groups excluding carboxylic acids is 1. The highest BCUT2D eigenvalue weighted by atomic mass is 79.9. The Kier molecular flexibility index (Phi) is 4.11. The standard InChI is InChI=1S/C13H14BrF3N2O/c14-10-4-3-8(7-9(10)13(15,16)17)19-11(20)12(18)5-1-2-6-12/h3-4,7H,1-2,5-6,18H2,(H,19,20). The zero-order valence-electron chi connectivity index (χ0n) is 10.6. The van der Waals surface area contributed by atoms with Crippen LogP contribution in [0.2, 0.25) is 0 Å². The number of anilines is 1. The van der Waals surface area contributed by atoms with E-state index in [0.29, 0.717) is 12.8 Å². The van der Waals surface area contributed by atoms with Crippen molar-refractivity contribution in [3.05, 3.63) is 28.2 Å². The van der Waals surface area contributed by atoms with E-state index in [9.17, 15) is 18.0 Å². The number of rotatable bonds is 2. The van der Waals surface area contributed by atoms with Gasteiger partial charge in [0, 0.05) is 10.2 Å². The maximum Gasteiger partial charge on any atom is 0.417 e. The first kappa shape index (κ1) is 15.3. The number of amides is 1. The predicted octanol–water partition coefficient (Wildman–Crippen LogP) is 3.68. The summed E-state index contributed by atoms with van der Waals surface area (Å²) in [6, 6.07) is 3.58. The molecule has 1 amide bonds. The van der Waals surface area contributed by atoms with Crippen molar-refractivity contribution in [2.24, 2.45) is 5.73 Å². The van der Waals surface area contributed by atoms with Crippen LogP contribution in [-0.4, -0.2) is 11.4 Å². The molecule has 0 unspecified atom stereocenters. The normalized spacial score (nSPS) is 18.1. The second-order valence-electron chi connectivity index (χ2n) is 5.01. The summed E-state index contributed by atoms with van der Waals surface area (Å²) in [6.45, 7) is 0. The van der Waals surface area contributed by atoms with E-state index in [4.69, 9.17) is 5.73 Å². The Bertz CT molecular complexity index is 525. The molecule has 3 nitrogen and oxygen atoms in total. The minimum absolute atomic E-state index is 0.0636. The molecule has 0 heterocycles. The van der Waals surface area contributed by atoms with Gasteiger partial charge in [-0.2, -0.15) is 13.2 Å². The lowest BCUT2D eigenvalue weighted by Gasteiger charge is -2.22. The average Bonchev–Trinajstić information content (AvgIpc) is 2.78. The first-order chi connectivity index (χ1) is 9.22. The summed E-state index contributed by atoms with van der Waals surface area (Å²) in [4.78, 5) is 12.1. The fraction of sp³-hybridized carbons (Fsp3) is 0.462. The van der Waals surface area contributed by atoms with Crippen LogP contribution in [0.3, 0.4) is 0 Å². The molecule has 1 aliphatic carbocycles. The van der Waals surface area contributed by atoms with Crippen molar-refractivity contribution in [2.75, 3.05) is 5.32 Å². The van der Waals surface area contributed by atoms with Gasteiger partial charge in [-0.3, -0.25) is 4.79 Å². The Hall–Kier alpha value is -1.08. The molecule has 0 spiro atoms. The Morgan fingerprint density at radius 1 is 1.30 bits per heavy atom. The van der Waals surface area contributed by atoms with Gasteiger partial charge in [-0.25, -0.2) is 0 Å². The molecule has 110 valence electrons. The van der Waals surface area contributed by atoms with Gasteiger partial charge in [0.25, 0.3) is 0 Å². The van der Waals surface area contributed by atoms with Crippen molar-refractivity contribution in [1.29, 1.82) is 0 Å². The summed E-state index contributed by atoms with van der Waals surface area (Å²) in [5, 5.41) is 2.48. The van der Waals surface area contributed by atoms with Gasteiger partial charge in [-0.05, 0) is 31.0 Å². The summed E-state index contributed by atoms with van der Waals surface area (Å²) in [7, 11) is 0. The Balaban J connectivity index is 2.20. The zero-order chi connectivity index (χ0) is 15.0. The third-order valence-electron chi connectivity index (χ3n) is 3.48. The average molecular weight is 351 g/mol. The largest absolute Gasteiger partial charge is 0.417 e. The van der Waals surface area contributed by atoms with E-state index in [1.54, 1.807) is 0 Å². The number of hydrogen-bond donors (Lipinski definition) is 2. The lowest BCUT2D eigenvalue weighted by molar-refractivity contribution is -0.138. The molecular formula is C13H14BrF3N2O. The summed E-state index contributed by atoms with van der Waals surface area (Å²) in [6.07, 6.45) is -1.65. The van der Waals surface area contributed by atoms with Crippen molar-refractivity contribution in [2.45, 2.75) is 37.4 Å². The number of hydrogen-bond acceptors (Lipinski definition) is 2. The lowest BCUT2D eigenvalue weighted by atomic mass is 9.98. The zero-order valence-corrected chi connectivity index (χ0v) is 12.1. The van der Waals surface area contributed by atoms with Crippen LogP contribution in [0.4, 0.5) is 18.9 Å². The predicted molar refractivity (Wildman–Crippen MR) is 73.2 cm³/mol. The molecule has 1 aromatic carbocycles. The van der Waals surface area contributed by atoms with E-state index < -0.39 is 23.2 Å². The third kappa shape index (κ3) is 3.15. The molecule has 0 radical (unpaired) electrons. The van der Waals surface area contributed by atoms with E-state index in [1.807, 2.05) is 0 Å². The van der Waals surface area contributed by atoms with Crippen LogP contribution in [0.1, 0.15) is 31.2 Å². The maximum absolute atomic E-state index is 12.8. The SMILES string of the molecule is NC1(C(=O)Nc2ccc(Br)c(C(F)(F)F)c2)CCCC1. The number of benzene rings is 1. The molecule has 1 fully saturated rings. The van der Waals surface area contributed by atoms with E-state index >= 15 is 0 Å². The Morgan fingerprint density at radius 2 is 1.90 bits per heavy atom. The van der Waals surface area contributed by atoms with E-state index in [2.05, 4.69) is 21.2 Å². The molecule has 1 aliphatic rings. The summed E-state index contributed by atoms with van der Waals surface area (Å²) in [5.74, 6) is -0.426. The molecule has 20 heavy (non-hydrogen) atoms. The number of alkyl halides is 3. The van der Waals surface area contributed by atoms with Crippen molar-refractivity contribution in [3.63, 3.8) is 0 Å².